The van der Waals surface area contributed by atoms with E-state index >= 15 is 0 Å². The SMILES string of the molecule is O=C(O)[C@H]1CCCCN1C(=O)c1cc(F)c(F)cc1Cl. The van der Waals surface area contributed by atoms with Crippen molar-refractivity contribution in [3.63, 3.8) is 0 Å². The molecule has 2 rings (SSSR count). The van der Waals surface area contributed by atoms with Crippen LogP contribution in [0.1, 0.15) is 29.6 Å². The molecule has 0 aliphatic carbocycles. The van der Waals surface area contributed by atoms with Crippen LogP contribution in [0, 0.1) is 11.6 Å². The number of carbonyl (C=O) groups excluding carboxylic acids is 1. The van der Waals surface area contributed by atoms with Crippen LogP contribution in [0.15, 0.2) is 12.1 Å². The van der Waals surface area contributed by atoms with E-state index in [2.05, 4.69) is 0 Å². The van der Waals surface area contributed by atoms with Gasteiger partial charge in [0.2, 0.25) is 0 Å². The number of likely N-dealkylation sites (tertiary alicyclic amines) is 1. The topological polar surface area (TPSA) is 57.6 Å². The van der Waals surface area contributed by atoms with Crippen LogP contribution in [0.3, 0.4) is 0 Å². The summed E-state index contributed by atoms with van der Waals surface area (Å²) in [5, 5.41) is 8.88. The number of carbonyl (C=O) groups is 2. The van der Waals surface area contributed by atoms with Gasteiger partial charge in [-0.25, -0.2) is 13.6 Å². The third-order valence-corrected chi connectivity index (χ3v) is 3.60. The van der Waals surface area contributed by atoms with E-state index in [9.17, 15) is 18.4 Å². The van der Waals surface area contributed by atoms with E-state index < -0.39 is 29.6 Å². The van der Waals surface area contributed by atoms with Gasteiger partial charge in [-0.3, -0.25) is 4.79 Å². The lowest BCUT2D eigenvalue weighted by atomic mass is 10.0. The molecule has 20 heavy (non-hydrogen) atoms. The smallest absolute Gasteiger partial charge is 0.326 e. The number of nitrogens with zero attached hydrogens (tertiary/aromatic N) is 1. The highest BCUT2D eigenvalue weighted by Gasteiger charge is 2.33. The first-order chi connectivity index (χ1) is 9.41. The highest BCUT2D eigenvalue weighted by atomic mass is 35.5. The Morgan fingerprint density at radius 1 is 1.25 bits per heavy atom. The van der Waals surface area contributed by atoms with E-state index in [0.29, 0.717) is 31.4 Å². The van der Waals surface area contributed by atoms with Crippen LogP contribution in [-0.2, 0) is 4.79 Å². The maximum absolute atomic E-state index is 13.2. The number of carboxylic acids is 1. The van der Waals surface area contributed by atoms with Gasteiger partial charge in [-0.2, -0.15) is 0 Å². The molecule has 1 aliphatic heterocycles. The maximum Gasteiger partial charge on any atom is 0.326 e. The Morgan fingerprint density at radius 2 is 1.90 bits per heavy atom. The zero-order chi connectivity index (χ0) is 14.9. The lowest BCUT2D eigenvalue weighted by molar-refractivity contribution is -0.143. The fraction of sp³-hybridized carbons (Fsp3) is 0.385. The third-order valence-electron chi connectivity index (χ3n) is 3.29. The lowest BCUT2D eigenvalue weighted by Gasteiger charge is -2.33. The number of hydrogen-bond acceptors (Lipinski definition) is 2. The summed E-state index contributed by atoms with van der Waals surface area (Å²) in [5.41, 5.74) is -0.223. The summed E-state index contributed by atoms with van der Waals surface area (Å²) in [7, 11) is 0. The Morgan fingerprint density at radius 3 is 2.55 bits per heavy atom. The Hall–Kier alpha value is -1.69. The summed E-state index contributed by atoms with van der Waals surface area (Å²) >= 11 is 5.74. The van der Waals surface area contributed by atoms with Crippen LogP contribution in [0.25, 0.3) is 0 Å². The van der Waals surface area contributed by atoms with Crippen molar-refractivity contribution in [3.8, 4) is 0 Å². The number of benzene rings is 1. The normalized spacial score (nSPS) is 18.9. The minimum Gasteiger partial charge on any atom is -0.480 e. The van der Waals surface area contributed by atoms with Crippen molar-refractivity contribution in [2.75, 3.05) is 6.54 Å². The molecule has 1 saturated heterocycles. The summed E-state index contributed by atoms with van der Waals surface area (Å²) in [5.74, 6) is -4.15. The van der Waals surface area contributed by atoms with Gasteiger partial charge in [0.05, 0.1) is 10.6 Å². The average molecular weight is 304 g/mol. The molecular formula is C13H12ClF2NO3. The monoisotopic (exact) mass is 303 g/mol. The number of amides is 1. The zero-order valence-corrected chi connectivity index (χ0v) is 11.2. The first-order valence-electron chi connectivity index (χ1n) is 6.10. The Bertz CT molecular complexity index is 565. The van der Waals surface area contributed by atoms with Gasteiger partial charge < -0.3 is 10.0 Å². The molecule has 0 bridgehead atoms. The predicted octanol–water partition coefficient (Wildman–Crippen LogP) is 2.70. The molecule has 1 fully saturated rings. The Balaban J connectivity index is 2.34. The van der Waals surface area contributed by atoms with E-state index in [-0.39, 0.29) is 17.1 Å². The molecule has 0 spiro atoms. The van der Waals surface area contributed by atoms with Crippen molar-refractivity contribution in [2.45, 2.75) is 25.3 Å². The molecule has 0 unspecified atom stereocenters. The maximum atomic E-state index is 13.2. The van der Waals surface area contributed by atoms with Gasteiger partial charge in [0, 0.05) is 6.54 Å². The highest BCUT2D eigenvalue weighted by Crippen LogP contribution is 2.25. The van der Waals surface area contributed by atoms with Gasteiger partial charge in [-0.05, 0) is 31.4 Å². The molecule has 1 amide bonds. The van der Waals surface area contributed by atoms with E-state index in [1.54, 1.807) is 0 Å². The number of aliphatic carboxylic acids is 1. The minimum atomic E-state index is -1.19. The fourth-order valence-electron chi connectivity index (χ4n) is 2.27. The van der Waals surface area contributed by atoms with Crippen LogP contribution < -0.4 is 0 Å². The molecular weight excluding hydrogens is 292 g/mol. The molecule has 108 valence electrons. The van der Waals surface area contributed by atoms with E-state index in [4.69, 9.17) is 16.7 Å². The molecule has 1 aromatic rings. The van der Waals surface area contributed by atoms with Crippen LogP contribution in [0.2, 0.25) is 5.02 Å². The summed E-state index contributed by atoms with van der Waals surface area (Å²) in [4.78, 5) is 24.6. The second-order valence-corrected chi connectivity index (χ2v) is 5.00. The van der Waals surface area contributed by atoms with Gasteiger partial charge in [0.25, 0.3) is 5.91 Å². The molecule has 1 N–H and O–H groups in total. The van der Waals surface area contributed by atoms with Gasteiger partial charge >= 0.3 is 5.97 Å². The molecule has 0 radical (unpaired) electrons. The van der Waals surface area contributed by atoms with Crippen molar-refractivity contribution in [1.29, 1.82) is 0 Å². The molecule has 1 aliphatic rings. The van der Waals surface area contributed by atoms with Crippen molar-refractivity contribution in [1.82, 2.24) is 4.90 Å². The van der Waals surface area contributed by atoms with Crippen molar-refractivity contribution in [2.24, 2.45) is 0 Å². The quantitative estimate of drug-likeness (QED) is 0.855. The number of halogens is 3. The number of carboxylic acid groups (broad SMARTS) is 1. The van der Waals surface area contributed by atoms with Gasteiger partial charge in [-0.1, -0.05) is 11.6 Å². The summed E-state index contributed by atoms with van der Waals surface area (Å²) in [6.07, 6.45) is 1.70. The van der Waals surface area contributed by atoms with Crippen LogP contribution in [0.4, 0.5) is 8.78 Å². The molecule has 1 aromatic carbocycles. The molecule has 4 nitrogen and oxygen atoms in total. The average Bonchev–Trinajstić information content (AvgIpc) is 2.42. The summed E-state index contributed by atoms with van der Waals surface area (Å²) in [6.45, 7) is 0.255. The summed E-state index contributed by atoms with van der Waals surface area (Å²) in [6, 6.07) is 0.456. The van der Waals surface area contributed by atoms with Gasteiger partial charge in [0.1, 0.15) is 6.04 Å². The van der Waals surface area contributed by atoms with Crippen molar-refractivity contribution in [3.05, 3.63) is 34.4 Å². The van der Waals surface area contributed by atoms with E-state index in [1.165, 1.54) is 0 Å². The standard InChI is InChI=1S/C13H12ClF2NO3/c14-8-6-10(16)9(15)5-7(8)12(18)17-4-2-1-3-11(17)13(19)20/h5-6,11H,1-4H2,(H,19,20)/t11-/m1/s1. The molecule has 1 atom stereocenters. The van der Waals surface area contributed by atoms with Crippen LogP contribution in [0.5, 0.6) is 0 Å². The van der Waals surface area contributed by atoms with Crippen molar-refractivity contribution < 1.29 is 23.5 Å². The predicted molar refractivity (Wildman–Crippen MR) is 67.7 cm³/mol. The third kappa shape index (κ3) is 2.75. The van der Waals surface area contributed by atoms with E-state index in [0.717, 1.165) is 4.90 Å². The molecule has 0 aromatic heterocycles. The van der Waals surface area contributed by atoms with E-state index in [1.807, 2.05) is 0 Å². The highest BCUT2D eigenvalue weighted by molar-refractivity contribution is 6.33. The van der Waals surface area contributed by atoms with Gasteiger partial charge in [0.15, 0.2) is 11.6 Å². The molecule has 0 saturated carbocycles. The largest absolute Gasteiger partial charge is 0.480 e. The second-order valence-electron chi connectivity index (χ2n) is 4.59. The number of hydrogen-bond donors (Lipinski definition) is 1. The van der Waals surface area contributed by atoms with Gasteiger partial charge in [-0.15, -0.1) is 0 Å². The summed E-state index contributed by atoms with van der Waals surface area (Å²) < 4.78 is 26.2. The lowest BCUT2D eigenvalue weighted by Crippen LogP contribution is -2.48. The van der Waals surface area contributed by atoms with Crippen LogP contribution >= 0.6 is 11.6 Å². The number of piperidine rings is 1. The molecule has 7 heteroatoms. The molecule has 1 heterocycles. The van der Waals surface area contributed by atoms with Crippen molar-refractivity contribution >= 4 is 23.5 Å². The van der Waals surface area contributed by atoms with Crippen LogP contribution in [-0.4, -0.2) is 34.5 Å². The Labute approximate surface area is 118 Å². The second kappa shape index (κ2) is 5.75. The minimum absolute atomic E-state index is 0.223. The first kappa shape index (κ1) is 14.7. The zero-order valence-electron chi connectivity index (χ0n) is 10.4. The first-order valence-corrected chi connectivity index (χ1v) is 6.48. The fourth-order valence-corrected chi connectivity index (χ4v) is 2.50. The Kier molecular flexibility index (Phi) is 4.23. The number of rotatable bonds is 2.